The fourth-order valence-electron chi connectivity index (χ4n) is 1.91. The quantitative estimate of drug-likeness (QED) is 0.437. The average Bonchev–Trinajstić information content (AvgIpc) is 2.93. The first-order chi connectivity index (χ1) is 10.1. The lowest BCUT2D eigenvalue weighted by Gasteiger charge is -1.99. The second-order valence-electron chi connectivity index (χ2n) is 4.40. The van der Waals surface area contributed by atoms with Crippen LogP contribution < -0.4 is 0 Å². The second kappa shape index (κ2) is 5.04. The summed E-state index contributed by atoms with van der Waals surface area (Å²) in [6.07, 6.45) is 3.07. The molecule has 0 fully saturated rings. The Balaban J connectivity index is 1.94. The van der Waals surface area contributed by atoms with E-state index in [1.54, 1.807) is 12.3 Å². The van der Waals surface area contributed by atoms with Gasteiger partial charge in [-0.1, -0.05) is 0 Å². The smallest absolute Gasteiger partial charge is 0.270 e. The molecule has 3 rings (SSSR count). The summed E-state index contributed by atoms with van der Waals surface area (Å²) in [5.74, 6) is -0.0614. The van der Waals surface area contributed by atoms with Crippen molar-refractivity contribution >= 4 is 28.5 Å². The average molecular weight is 282 g/mol. The highest BCUT2D eigenvalue weighted by atomic mass is 16.6. The van der Waals surface area contributed by atoms with Crippen LogP contribution in [0.25, 0.3) is 10.9 Å². The molecule has 0 aliphatic carbocycles. The topological polar surface area (TPSA) is 104 Å². The van der Waals surface area contributed by atoms with E-state index in [-0.39, 0.29) is 17.0 Å². The van der Waals surface area contributed by atoms with Crippen molar-refractivity contribution in [2.45, 2.75) is 0 Å². The molecule has 0 aliphatic rings. The van der Waals surface area contributed by atoms with E-state index in [1.165, 1.54) is 24.4 Å². The largest absolute Gasteiger partial charge is 0.507 e. The lowest BCUT2D eigenvalue weighted by atomic mass is 10.2. The summed E-state index contributed by atoms with van der Waals surface area (Å²) in [5.41, 5.74) is 1.75. The molecule has 0 spiro atoms. The second-order valence-corrected chi connectivity index (χ2v) is 4.40. The van der Waals surface area contributed by atoms with Crippen molar-refractivity contribution in [3.8, 4) is 5.75 Å². The van der Waals surface area contributed by atoms with E-state index in [2.05, 4.69) is 15.2 Å². The number of benzene rings is 2. The Morgan fingerprint density at radius 2 is 2.14 bits per heavy atom. The van der Waals surface area contributed by atoms with Crippen molar-refractivity contribution in [3.05, 3.63) is 58.3 Å². The fraction of sp³-hybridized carbons (Fsp3) is 0. The van der Waals surface area contributed by atoms with Gasteiger partial charge in [-0.2, -0.15) is 5.10 Å². The third-order valence-electron chi connectivity index (χ3n) is 3.00. The highest BCUT2D eigenvalue weighted by Crippen LogP contribution is 2.23. The number of fused-ring (bicyclic) bond motifs is 1. The van der Waals surface area contributed by atoms with Crippen LogP contribution in [-0.4, -0.2) is 26.4 Å². The minimum Gasteiger partial charge on any atom is -0.507 e. The number of aromatic amines is 1. The van der Waals surface area contributed by atoms with Crippen LogP contribution in [0.3, 0.4) is 0 Å². The van der Waals surface area contributed by atoms with Gasteiger partial charge in [0.2, 0.25) is 0 Å². The third-order valence-corrected chi connectivity index (χ3v) is 3.00. The summed E-state index contributed by atoms with van der Waals surface area (Å²) in [6.45, 7) is 0. The molecule has 0 saturated heterocycles. The standard InChI is InChI=1S/C14H10N4O3/c19-14-4-2-12(18(20)21)6-10(14)7-15-11-1-3-13-9(5-11)8-16-17-13/h1-8,19H,(H,16,17). The lowest BCUT2D eigenvalue weighted by Crippen LogP contribution is -1.90. The Morgan fingerprint density at radius 1 is 1.29 bits per heavy atom. The van der Waals surface area contributed by atoms with Crippen molar-refractivity contribution < 1.29 is 10.0 Å². The van der Waals surface area contributed by atoms with Gasteiger partial charge in [-0.15, -0.1) is 0 Å². The van der Waals surface area contributed by atoms with Crippen LogP contribution in [0.4, 0.5) is 11.4 Å². The normalized spacial score (nSPS) is 11.2. The number of nitrogens with one attached hydrogen (secondary N) is 1. The van der Waals surface area contributed by atoms with E-state index in [0.717, 1.165) is 10.9 Å². The minimum absolute atomic E-state index is 0.0614. The van der Waals surface area contributed by atoms with Crippen molar-refractivity contribution in [1.29, 1.82) is 0 Å². The number of hydrogen-bond donors (Lipinski definition) is 2. The first-order valence-electron chi connectivity index (χ1n) is 6.08. The number of nitrogens with zero attached hydrogens (tertiary/aromatic N) is 3. The molecule has 3 aromatic rings. The SMILES string of the molecule is O=[N+]([O-])c1ccc(O)c(C=Nc2ccc3[nH]ncc3c2)c1. The van der Waals surface area contributed by atoms with Gasteiger partial charge in [-0.05, 0) is 24.3 Å². The van der Waals surface area contributed by atoms with Gasteiger partial charge < -0.3 is 5.11 Å². The monoisotopic (exact) mass is 282 g/mol. The number of hydrogen-bond acceptors (Lipinski definition) is 5. The number of rotatable bonds is 3. The van der Waals surface area contributed by atoms with Gasteiger partial charge in [0.25, 0.3) is 5.69 Å². The lowest BCUT2D eigenvalue weighted by molar-refractivity contribution is -0.384. The van der Waals surface area contributed by atoms with E-state index in [0.29, 0.717) is 5.69 Å². The van der Waals surface area contributed by atoms with Gasteiger partial charge >= 0.3 is 0 Å². The van der Waals surface area contributed by atoms with Gasteiger partial charge in [-0.3, -0.25) is 20.2 Å². The summed E-state index contributed by atoms with van der Waals surface area (Å²) in [4.78, 5) is 14.4. The number of phenolic OH excluding ortho intramolecular Hbond substituents is 1. The van der Waals surface area contributed by atoms with Crippen molar-refractivity contribution in [2.75, 3.05) is 0 Å². The van der Waals surface area contributed by atoms with Crippen molar-refractivity contribution in [2.24, 2.45) is 4.99 Å². The number of non-ortho nitro benzene ring substituents is 1. The number of phenols is 1. The Morgan fingerprint density at radius 3 is 2.95 bits per heavy atom. The number of H-pyrrole nitrogens is 1. The Hall–Kier alpha value is -3.22. The predicted molar refractivity (Wildman–Crippen MR) is 78.1 cm³/mol. The van der Waals surface area contributed by atoms with Crippen LogP contribution in [0.1, 0.15) is 5.56 Å². The maximum Gasteiger partial charge on any atom is 0.270 e. The number of aromatic nitrogens is 2. The van der Waals surface area contributed by atoms with Gasteiger partial charge in [0, 0.05) is 29.3 Å². The molecule has 0 unspecified atom stereocenters. The molecule has 1 aromatic heterocycles. The van der Waals surface area contributed by atoms with Gasteiger partial charge in [0.1, 0.15) is 5.75 Å². The van der Waals surface area contributed by atoms with Crippen LogP contribution in [-0.2, 0) is 0 Å². The van der Waals surface area contributed by atoms with Crippen LogP contribution in [0.2, 0.25) is 0 Å². The van der Waals surface area contributed by atoms with E-state index < -0.39 is 4.92 Å². The summed E-state index contributed by atoms with van der Waals surface area (Å²) in [5, 5.41) is 28.1. The summed E-state index contributed by atoms with van der Waals surface area (Å²) in [7, 11) is 0. The van der Waals surface area contributed by atoms with E-state index in [9.17, 15) is 15.2 Å². The van der Waals surface area contributed by atoms with E-state index in [4.69, 9.17) is 0 Å². The van der Waals surface area contributed by atoms with Gasteiger partial charge in [-0.25, -0.2) is 0 Å². The highest BCUT2D eigenvalue weighted by molar-refractivity contribution is 5.88. The van der Waals surface area contributed by atoms with Crippen LogP contribution in [0.15, 0.2) is 47.6 Å². The zero-order valence-corrected chi connectivity index (χ0v) is 10.7. The third kappa shape index (κ3) is 2.57. The maximum absolute atomic E-state index is 10.7. The molecule has 0 bridgehead atoms. The molecule has 0 saturated carbocycles. The molecule has 0 aliphatic heterocycles. The van der Waals surface area contributed by atoms with E-state index >= 15 is 0 Å². The summed E-state index contributed by atoms with van der Waals surface area (Å²) >= 11 is 0. The Labute approximate surface area is 118 Å². The molecule has 2 N–H and O–H groups in total. The summed E-state index contributed by atoms with van der Waals surface area (Å²) in [6, 6.07) is 9.23. The molecular formula is C14H10N4O3. The molecule has 104 valence electrons. The number of aromatic hydroxyl groups is 1. The zero-order valence-electron chi connectivity index (χ0n) is 10.7. The van der Waals surface area contributed by atoms with Crippen LogP contribution in [0.5, 0.6) is 5.75 Å². The molecule has 0 amide bonds. The molecular weight excluding hydrogens is 272 g/mol. The molecule has 2 aromatic carbocycles. The van der Waals surface area contributed by atoms with Gasteiger partial charge in [0.05, 0.1) is 22.3 Å². The summed E-state index contributed by atoms with van der Waals surface area (Å²) < 4.78 is 0. The number of aliphatic imine (C=N–C) groups is 1. The van der Waals surface area contributed by atoms with Crippen molar-refractivity contribution in [3.63, 3.8) is 0 Å². The molecule has 1 heterocycles. The van der Waals surface area contributed by atoms with Crippen LogP contribution in [0, 0.1) is 10.1 Å². The minimum atomic E-state index is -0.520. The fourth-order valence-corrected chi connectivity index (χ4v) is 1.91. The number of nitro groups is 1. The Bertz CT molecular complexity index is 854. The Kier molecular flexibility index (Phi) is 3.07. The molecule has 7 heteroatoms. The molecule has 0 atom stereocenters. The van der Waals surface area contributed by atoms with Crippen LogP contribution >= 0.6 is 0 Å². The predicted octanol–water partition coefficient (Wildman–Crippen LogP) is 2.93. The van der Waals surface area contributed by atoms with E-state index in [1.807, 2.05) is 12.1 Å². The first-order valence-corrected chi connectivity index (χ1v) is 6.08. The molecule has 21 heavy (non-hydrogen) atoms. The highest BCUT2D eigenvalue weighted by Gasteiger charge is 2.08. The molecule has 0 radical (unpaired) electrons. The number of nitro benzene ring substituents is 1. The zero-order chi connectivity index (χ0) is 14.8. The maximum atomic E-state index is 10.7. The van der Waals surface area contributed by atoms with Gasteiger partial charge in [0.15, 0.2) is 0 Å². The first kappa shape index (κ1) is 12.8. The van der Waals surface area contributed by atoms with Crippen molar-refractivity contribution in [1.82, 2.24) is 10.2 Å². The molecule has 7 nitrogen and oxygen atoms in total.